The first-order valence-corrected chi connectivity index (χ1v) is 20.8. The van der Waals surface area contributed by atoms with E-state index in [4.69, 9.17) is 19.4 Å². The summed E-state index contributed by atoms with van der Waals surface area (Å²) in [6.07, 6.45) is 0. The van der Waals surface area contributed by atoms with Crippen molar-refractivity contribution in [3.05, 3.63) is 218 Å². The van der Waals surface area contributed by atoms with Crippen LogP contribution in [0.15, 0.2) is 223 Å². The van der Waals surface area contributed by atoms with Crippen LogP contribution in [-0.4, -0.2) is 19.5 Å². The molecule has 0 spiro atoms. The SMILES string of the molecule is c1ccc(-c2cccc(-c3ccc(-c4ccc5oc6ccc7c8ccccc8n(-c8ccccc8)c7c6c5c4)c(-c4nc(-c5ccccc5)nc(-c5ccccc5)n4)c3)c2)cc1. The molecule has 0 saturated heterocycles. The molecule has 290 valence electrons. The van der Waals surface area contributed by atoms with Gasteiger partial charge in [0, 0.05) is 38.5 Å². The fourth-order valence-electron chi connectivity index (χ4n) is 8.93. The minimum Gasteiger partial charge on any atom is -0.456 e. The van der Waals surface area contributed by atoms with E-state index in [1.807, 2.05) is 60.7 Å². The summed E-state index contributed by atoms with van der Waals surface area (Å²) in [7, 11) is 0. The van der Waals surface area contributed by atoms with Gasteiger partial charge in [-0.3, -0.25) is 0 Å². The number of benzene rings is 9. The second-order valence-corrected chi connectivity index (χ2v) is 15.6. The summed E-state index contributed by atoms with van der Waals surface area (Å²) in [6, 6.07) is 76.3. The minimum absolute atomic E-state index is 0.595. The van der Waals surface area contributed by atoms with Crippen molar-refractivity contribution in [3.8, 4) is 73.2 Å². The number of fused-ring (bicyclic) bond motifs is 7. The van der Waals surface area contributed by atoms with Gasteiger partial charge in [0.2, 0.25) is 0 Å². The van der Waals surface area contributed by atoms with Gasteiger partial charge in [-0.1, -0.05) is 164 Å². The van der Waals surface area contributed by atoms with Crippen molar-refractivity contribution >= 4 is 43.7 Å². The van der Waals surface area contributed by atoms with Gasteiger partial charge in [-0.05, 0) is 88.0 Å². The van der Waals surface area contributed by atoms with Crippen LogP contribution in [0.5, 0.6) is 0 Å². The van der Waals surface area contributed by atoms with E-state index in [9.17, 15) is 0 Å². The molecule has 0 atom stereocenters. The summed E-state index contributed by atoms with van der Waals surface area (Å²) in [6.45, 7) is 0. The van der Waals surface area contributed by atoms with Gasteiger partial charge in [0.25, 0.3) is 0 Å². The van der Waals surface area contributed by atoms with Gasteiger partial charge in [0.1, 0.15) is 11.2 Å². The van der Waals surface area contributed by atoms with Crippen molar-refractivity contribution in [1.29, 1.82) is 0 Å². The number of rotatable bonds is 7. The predicted molar refractivity (Wildman–Crippen MR) is 254 cm³/mol. The third-order valence-corrected chi connectivity index (χ3v) is 11.9. The lowest BCUT2D eigenvalue weighted by Gasteiger charge is -2.15. The summed E-state index contributed by atoms with van der Waals surface area (Å²) in [5.41, 5.74) is 14.3. The summed E-state index contributed by atoms with van der Waals surface area (Å²) in [4.78, 5) is 15.5. The first-order valence-electron chi connectivity index (χ1n) is 20.8. The second kappa shape index (κ2) is 14.7. The summed E-state index contributed by atoms with van der Waals surface area (Å²) < 4.78 is 9.04. The molecule has 3 heterocycles. The van der Waals surface area contributed by atoms with E-state index in [0.717, 1.165) is 83.2 Å². The quantitative estimate of drug-likeness (QED) is 0.161. The molecular formula is C57H36N4O. The zero-order valence-corrected chi connectivity index (χ0v) is 33.5. The van der Waals surface area contributed by atoms with Crippen molar-refractivity contribution in [2.75, 3.05) is 0 Å². The van der Waals surface area contributed by atoms with Crippen LogP contribution in [0.4, 0.5) is 0 Å². The Morgan fingerprint density at radius 2 is 0.871 bits per heavy atom. The maximum absolute atomic E-state index is 6.66. The number of nitrogens with zero attached hydrogens (tertiary/aromatic N) is 4. The Morgan fingerprint density at radius 3 is 1.58 bits per heavy atom. The van der Waals surface area contributed by atoms with Crippen LogP contribution in [0, 0.1) is 0 Å². The number of aromatic nitrogens is 4. The molecule has 9 aromatic carbocycles. The normalized spacial score (nSPS) is 11.5. The molecule has 62 heavy (non-hydrogen) atoms. The van der Waals surface area contributed by atoms with Crippen LogP contribution in [0.25, 0.3) is 117 Å². The lowest BCUT2D eigenvalue weighted by atomic mass is 9.92. The second-order valence-electron chi connectivity index (χ2n) is 15.6. The fraction of sp³-hybridized carbons (Fsp3) is 0. The van der Waals surface area contributed by atoms with E-state index in [1.165, 1.54) is 16.3 Å². The van der Waals surface area contributed by atoms with E-state index in [-0.39, 0.29) is 0 Å². The van der Waals surface area contributed by atoms with Crippen molar-refractivity contribution < 1.29 is 4.42 Å². The molecule has 0 aliphatic carbocycles. The highest BCUT2D eigenvalue weighted by Gasteiger charge is 2.22. The Hall–Kier alpha value is -8.41. The van der Waals surface area contributed by atoms with Gasteiger partial charge in [0.15, 0.2) is 17.5 Å². The van der Waals surface area contributed by atoms with E-state index in [1.54, 1.807) is 0 Å². The molecule has 0 saturated carbocycles. The first-order chi connectivity index (χ1) is 30.7. The average Bonchev–Trinajstić information content (AvgIpc) is 3.90. The Kier molecular flexibility index (Phi) is 8.42. The average molecular weight is 793 g/mol. The zero-order chi connectivity index (χ0) is 41.0. The summed E-state index contributed by atoms with van der Waals surface area (Å²) >= 11 is 0. The van der Waals surface area contributed by atoms with Gasteiger partial charge in [0.05, 0.1) is 16.4 Å². The van der Waals surface area contributed by atoms with Crippen molar-refractivity contribution in [2.24, 2.45) is 0 Å². The Morgan fingerprint density at radius 1 is 0.323 bits per heavy atom. The van der Waals surface area contributed by atoms with Gasteiger partial charge in [-0.15, -0.1) is 0 Å². The van der Waals surface area contributed by atoms with Crippen LogP contribution in [0.1, 0.15) is 0 Å². The van der Waals surface area contributed by atoms with Crippen LogP contribution < -0.4 is 0 Å². The number of hydrogen-bond acceptors (Lipinski definition) is 4. The largest absolute Gasteiger partial charge is 0.456 e. The zero-order valence-electron chi connectivity index (χ0n) is 33.5. The van der Waals surface area contributed by atoms with Crippen molar-refractivity contribution in [1.82, 2.24) is 19.5 Å². The monoisotopic (exact) mass is 792 g/mol. The Labute approximate surface area is 357 Å². The molecule has 0 fully saturated rings. The van der Waals surface area contributed by atoms with Gasteiger partial charge >= 0.3 is 0 Å². The topological polar surface area (TPSA) is 56.7 Å². The molecule has 0 N–H and O–H groups in total. The maximum atomic E-state index is 6.66. The first kappa shape index (κ1) is 35.5. The molecule has 12 aromatic rings. The van der Waals surface area contributed by atoms with Crippen molar-refractivity contribution in [3.63, 3.8) is 0 Å². The highest BCUT2D eigenvalue weighted by molar-refractivity contribution is 6.25. The molecule has 12 rings (SSSR count). The van der Waals surface area contributed by atoms with E-state index in [2.05, 4.69) is 162 Å². The number of furan rings is 1. The lowest BCUT2D eigenvalue weighted by molar-refractivity contribution is 0.669. The van der Waals surface area contributed by atoms with Crippen LogP contribution in [0.2, 0.25) is 0 Å². The van der Waals surface area contributed by atoms with Gasteiger partial charge in [-0.2, -0.15) is 0 Å². The fourth-order valence-corrected chi connectivity index (χ4v) is 8.93. The smallest absolute Gasteiger partial charge is 0.164 e. The van der Waals surface area contributed by atoms with Crippen LogP contribution in [-0.2, 0) is 0 Å². The summed E-state index contributed by atoms with van der Waals surface area (Å²) in [5, 5.41) is 4.50. The highest BCUT2D eigenvalue weighted by Crippen LogP contribution is 2.43. The molecule has 5 heteroatoms. The molecule has 0 radical (unpaired) electrons. The van der Waals surface area contributed by atoms with Gasteiger partial charge in [-0.25, -0.2) is 15.0 Å². The molecular weight excluding hydrogens is 757 g/mol. The molecule has 5 nitrogen and oxygen atoms in total. The summed E-state index contributed by atoms with van der Waals surface area (Å²) in [5.74, 6) is 1.83. The van der Waals surface area contributed by atoms with Crippen molar-refractivity contribution in [2.45, 2.75) is 0 Å². The van der Waals surface area contributed by atoms with Crippen LogP contribution in [0.3, 0.4) is 0 Å². The third-order valence-electron chi connectivity index (χ3n) is 11.9. The molecule has 0 aliphatic rings. The molecule has 0 aliphatic heterocycles. The lowest BCUT2D eigenvalue weighted by Crippen LogP contribution is -2.01. The Bertz CT molecular complexity index is 3560. The molecule has 0 amide bonds. The standard InChI is InChI=1S/C57H36N4O/c1-5-16-37(17-6-1)40-22-15-23-41(34-40)42-28-30-45(48(35-42)57-59-55(38-18-7-2-8-19-38)58-56(60-57)39-20-9-3-10-21-39)43-29-32-51-49(36-43)53-52(62-51)33-31-47-46-26-13-14-27-50(46)61(54(47)53)44-24-11-4-12-25-44/h1-36H. The van der Waals surface area contributed by atoms with E-state index < -0.39 is 0 Å². The van der Waals surface area contributed by atoms with E-state index in [0.29, 0.717) is 17.5 Å². The number of para-hydroxylation sites is 2. The highest BCUT2D eigenvalue weighted by atomic mass is 16.3. The Balaban J connectivity index is 1.12. The van der Waals surface area contributed by atoms with E-state index >= 15 is 0 Å². The van der Waals surface area contributed by atoms with Crippen LogP contribution >= 0.6 is 0 Å². The molecule has 0 bridgehead atoms. The third kappa shape index (κ3) is 6.06. The minimum atomic E-state index is 0.595. The van der Waals surface area contributed by atoms with Gasteiger partial charge < -0.3 is 8.98 Å². The maximum Gasteiger partial charge on any atom is 0.164 e. The number of hydrogen-bond donors (Lipinski definition) is 0. The predicted octanol–water partition coefficient (Wildman–Crippen LogP) is 14.9. The molecule has 3 aromatic heterocycles. The molecule has 0 unspecified atom stereocenters.